The molecule has 2 rings (SSSR count). The molecule has 1 N–H and O–H groups in total. The first-order chi connectivity index (χ1) is 7.52. The monoisotopic (exact) mass is 222 g/mol. The molecule has 0 spiro atoms. The van der Waals surface area contributed by atoms with Gasteiger partial charge in [0.25, 0.3) is 0 Å². The van der Waals surface area contributed by atoms with Gasteiger partial charge in [0, 0.05) is 0 Å². The zero-order chi connectivity index (χ0) is 11.8. The van der Waals surface area contributed by atoms with E-state index in [4.69, 9.17) is 4.42 Å². The summed E-state index contributed by atoms with van der Waals surface area (Å²) in [4.78, 5) is 0. The van der Waals surface area contributed by atoms with Crippen LogP contribution in [0.25, 0.3) is 0 Å². The van der Waals surface area contributed by atoms with Crippen LogP contribution in [-0.2, 0) is 0 Å². The second-order valence-electron chi connectivity index (χ2n) is 5.84. The highest BCUT2D eigenvalue weighted by atomic mass is 16.4. The zero-order valence-corrected chi connectivity index (χ0v) is 10.4. The molecule has 2 nitrogen and oxygen atoms in total. The SMILES string of the molecule is C[C@H]1CCCC(C)(C)[C@@H]1C(O)c1ccco1. The molecule has 90 valence electrons. The number of hydrogen-bond acceptors (Lipinski definition) is 2. The highest BCUT2D eigenvalue weighted by Crippen LogP contribution is 2.49. The fraction of sp³-hybridized carbons (Fsp3) is 0.714. The summed E-state index contributed by atoms with van der Waals surface area (Å²) in [6.45, 7) is 6.77. The Morgan fingerprint density at radius 3 is 2.81 bits per heavy atom. The van der Waals surface area contributed by atoms with Crippen molar-refractivity contribution in [2.75, 3.05) is 0 Å². The van der Waals surface area contributed by atoms with Crippen molar-refractivity contribution in [3.63, 3.8) is 0 Å². The minimum atomic E-state index is -0.458. The summed E-state index contributed by atoms with van der Waals surface area (Å²) < 4.78 is 5.34. The van der Waals surface area contributed by atoms with Crippen LogP contribution < -0.4 is 0 Å². The first-order valence-corrected chi connectivity index (χ1v) is 6.24. The van der Waals surface area contributed by atoms with Crippen molar-refractivity contribution in [1.82, 2.24) is 0 Å². The van der Waals surface area contributed by atoms with Crippen molar-refractivity contribution < 1.29 is 9.52 Å². The van der Waals surface area contributed by atoms with Crippen LogP contribution in [0.4, 0.5) is 0 Å². The van der Waals surface area contributed by atoms with Gasteiger partial charge in [-0.2, -0.15) is 0 Å². The molecule has 1 fully saturated rings. The van der Waals surface area contributed by atoms with Gasteiger partial charge in [0.05, 0.1) is 6.26 Å². The summed E-state index contributed by atoms with van der Waals surface area (Å²) in [5.74, 6) is 1.57. The molecular formula is C14H22O2. The third kappa shape index (κ3) is 2.03. The highest BCUT2D eigenvalue weighted by molar-refractivity contribution is 5.06. The summed E-state index contributed by atoms with van der Waals surface area (Å²) >= 11 is 0. The number of aliphatic hydroxyl groups is 1. The van der Waals surface area contributed by atoms with Crippen molar-refractivity contribution in [1.29, 1.82) is 0 Å². The van der Waals surface area contributed by atoms with Gasteiger partial charge in [0.2, 0.25) is 0 Å². The molecular weight excluding hydrogens is 200 g/mol. The second kappa shape index (κ2) is 4.25. The summed E-state index contributed by atoms with van der Waals surface area (Å²) in [6, 6.07) is 3.72. The van der Waals surface area contributed by atoms with E-state index in [9.17, 15) is 5.11 Å². The fourth-order valence-electron chi connectivity index (χ4n) is 3.37. The Labute approximate surface area is 97.7 Å². The fourth-order valence-corrected chi connectivity index (χ4v) is 3.37. The Bertz CT molecular complexity index is 327. The van der Waals surface area contributed by atoms with Gasteiger partial charge in [-0.3, -0.25) is 0 Å². The van der Waals surface area contributed by atoms with E-state index >= 15 is 0 Å². The van der Waals surface area contributed by atoms with Crippen LogP contribution in [0.15, 0.2) is 22.8 Å². The average Bonchev–Trinajstić information content (AvgIpc) is 2.68. The van der Waals surface area contributed by atoms with Crippen LogP contribution in [0.2, 0.25) is 0 Å². The molecule has 16 heavy (non-hydrogen) atoms. The molecule has 1 unspecified atom stereocenters. The minimum Gasteiger partial charge on any atom is -0.467 e. The molecule has 0 amide bonds. The Morgan fingerprint density at radius 1 is 1.50 bits per heavy atom. The molecule has 2 heteroatoms. The van der Waals surface area contributed by atoms with Crippen molar-refractivity contribution in [2.24, 2.45) is 17.3 Å². The number of aliphatic hydroxyl groups excluding tert-OH is 1. The maximum absolute atomic E-state index is 10.4. The maximum atomic E-state index is 10.4. The first kappa shape index (κ1) is 11.7. The molecule has 1 aromatic heterocycles. The predicted octanol–water partition coefficient (Wildman–Crippen LogP) is 3.78. The third-order valence-corrected chi connectivity index (χ3v) is 4.17. The van der Waals surface area contributed by atoms with E-state index in [0.29, 0.717) is 17.6 Å². The Balaban J connectivity index is 2.23. The molecule has 3 atom stereocenters. The molecule has 0 radical (unpaired) electrons. The van der Waals surface area contributed by atoms with Gasteiger partial charge in [-0.15, -0.1) is 0 Å². The van der Waals surface area contributed by atoms with E-state index in [1.54, 1.807) is 6.26 Å². The van der Waals surface area contributed by atoms with Crippen LogP contribution in [0, 0.1) is 17.3 Å². The van der Waals surface area contributed by atoms with Gasteiger partial charge in [-0.05, 0) is 35.8 Å². The Hall–Kier alpha value is -0.760. The molecule has 0 bridgehead atoms. The Kier molecular flexibility index (Phi) is 3.11. The smallest absolute Gasteiger partial charge is 0.132 e. The zero-order valence-electron chi connectivity index (χ0n) is 10.4. The second-order valence-corrected chi connectivity index (χ2v) is 5.84. The number of furan rings is 1. The van der Waals surface area contributed by atoms with Crippen LogP contribution in [0.3, 0.4) is 0 Å². The molecule has 0 aliphatic heterocycles. The van der Waals surface area contributed by atoms with Crippen molar-refractivity contribution in [3.8, 4) is 0 Å². The van der Waals surface area contributed by atoms with Gasteiger partial charge in [0.15, 0.2) is 0 Å². The highest BCUT2D eigenvalue weighted by Gasteiger charge is 2.42. The quantitative estimate of drug-likeness (QED) is 0.826. The number of rotatable bonds is 2. The van der Waals surface area contributed by atoms with Crippen LogP contribution in [0.5, 0.6) is 0 Å². The Morgan fingerprint density at radius 2 is 2.25 bits per heavy atom. The van der Waals surface area contributed by atoms with E-state index in [1.807, 2.05) is 12.1 Å². The van der Waals surface area contributed by atoms with Crippen molar-refractivity contribution in [3.05, 3.63) is 24.2 Å². The average molecular weight is 222 g/mol. The van der Waals surface area contributed by atoms with E-state index in [2.05, 4.69) is 20.8 Å². The van der Waals surface area contributed by atoms with E-state index in [-0.39, 0.29) is 5.41 Å². The number of hydrogen-bond donors (Lipinski definition) is 1. The topological polar surface area (TPSA) is 33.4 Å². The van der Waals surface area contributed by atoms with Crippen LogP contribution in [0.1, 0.15) is 51.9 Å². The molecule has 1 saturated carbocycles. The molecule has 1 aromatic rings. The van der Waals surface area contributed by atoms with Gasteiger partial charge in [-0.25, -0.2) is 0 Å². The van der Waals surface area contributed by atoms with Crippen molar-refractivity contribution in [2.45, 2.75) is 46.1 Å². The van der Waals surface area contributed by atoms with Crippen molar-refractivity contribution >= 4 is 0 Å². The summed E-state index contributed by atoms with van der Waals surface area (Å²) in [6.07, 6.45) is 4.86. The van der Waals surface area contributed by atoms with Crippen LogP contribution >= 0.6 is 0 Å². The lowest BCUT2D eigenvalue weighted by atomic mass is 9.62. The maximum Gasteiger partial charge on any atom is 0.132 e. The van der Waals surface area contributed by atoms with Gasteiger partial charge in [0.1, 0.15) is 11.9 Å². The lowest BCUT2D eigenvalue weighted by Gasteiger charge is -2.44. The summed E-state index contributed by atoms with van der Waals surface area (Å²) in [7, 11) is 0. The summed E-state index contributed by atoms with van der Waals surface area (Å²) in [5.41, 5.74) is 0.198. The first-order valence-electron chi connectivity index (χ1n) is 6.24. The lowest BCUT2D eigenvalue weighted by Crippen LogP contribution is -2.37. The summed E-state index contributed by atoms with van der Waals surface area (Å²) in [5, 5.41) is 10.4. The lowest BCUT2D eigenvalue weighted by molar-refractivity contribution is -0.0390. The minimum absolute atomic E-state index is 0.198. The molecule has 0 saturated heterocycles. The van der Waals surface area contributed by atoms with Gasteiger partial charge < -0.3 is 9.52 Å². The van der Waals surface area contributed by atoms with Crippen LogP contribution in [-0.4, -0.2) is 5.11 Å². The normalized spacial score (nSPS) is 31.2. The molecule has 1 heterocycles. The third-order valence-electron chi connectivity index (χ3n) is 4.17. The standard InChI is InChI=1S/C14H22O2/c1-10-6-4-8-14(2,3)12(10)13(15)11-7-5-9-16-11/h5,7,9-10,12-13,15H,4,6,8H2,1-3H3/t10-,12-,13?/m0/s1. The van der Waals surface area contributed by atoms with Gasteiger partial charge in [-0.1, -0.05) is 33.6 Å². The molecule has 1 aliphatic rings. The molecule has 0 aromatic carbocycles. The van der Waals surface area contributed by atoms with Gasteiger partial charge >= 0.3 is 0 Å². The largest absolute Gasteiger partial charge is 0.467 e. The van der Waals surface area contributed by atoms with E-state index in [1.165, 1.54) is 19.3 Å². The predicted molar refractivity (Wildman–Crippen MR) is 64.0 cm³/mol. The molecule has 1 aliphatic carbocycles. The van der Waals surface area contributed by atoms with E-state index < -0.39 is 6.10 Å². The van der Waals surface area contributed by atoms with E-state index in [0.717, 1.165) is 0 Å².